The van der Waals surface area contributed by atoms with Gasteiger partial charge in [-0.3, -0.25) is 0 Å². The predicted octanol–water partition coefficient (Wildman–Crippen LogP) is 1.17. The van der Waals surface area contributed by atoms with Crippen molar-refractivity contribution >= 4 is 10.0 Å². The number of nitrogens with zero attached hydrogens (tertiary/aromatic N) is 1. The summed E-state index contributed by atoms with van der Waals surface area (Å²) in [7, 11) is -3.43. The van der Waals surface area contributed by atoms with Crippen LogP contribution in [0.5, 0.6) is 5.75 Å². The minimum Gasteiger partial charge on any atom is -0.494 e. The lowest BCUT2D eigenvalue weighted by molar-refractivity contribution is -0.917. The number of benzene rings is 2. The van der Waals surface area contributed by atoms with Crippen molar-refractivity contribution < 1.29 is 18.1 Å². The van der Waals surface area contributed by atoms with Crippen molar-refractivity contribution in [1.29, 1.82) is 0 Å². The monoisotopic (exact) mass is 361 g/mol. The van der Waals surface area contributed by atoms with Gasteiger partial charge in [0, 0.05) is 5.56 Å². The first-order valence-corrected chi connectivity index (χ1v) is 10.1. The van der Waals surface area contributed by atoms with E-state index >= 15 is 0 Å². The van der Waals surface area contributed by atoms with Crippen LogP contribution in [0, 0.1) is 0 Å². The molecule has 0 aromatic heterocycles. The van der Waals surface area contributed by atoms with Crippen molar-refractivity contribution in [3.63, 3.8) is 0 Å². The molecule has 5 nitrogen and oxygen atoms in total. The number of quaternary nitrogens is 1. The van der Waals surface area contributed by atoms with Crippen molar-refractivity contribution in [2.75, 3.05) is 32.8 Å². The van der Waals surface area contributed by atoms with Gasteiger partial charge in [0.25, 0.3) is 0 Å². The molecule has 1 fully saturated rings. The molecule has 0 spiro atoms. The maximum Gasteiger partial charge on any atom is 0.243 e. The Morgan fingerprint density at radius 3 is 2.24 bits per heavy atom. The van der Waals surface area contributed by atoms with Crippen molar-refractivity contribution in [3.05, 3.63) is 60.2 Å². The first kappa shape index (κ1) is 17.9. The Morgan fingerprint density at radius 2 is 1.64 bits per heavy atom. The largest absolute Gasteiger partial charge is 0.494 e. The number of ether oxygens (including phenoxy) is 1. The lowest BCUT2D eigenvalue weighted by atomic mass is 10.2. The van der Waals surface area contributed by atoms with E-state index in [1.807, 2.05) is 25.1 Å². The number of hydrogen-bond acceptors (Lipinski definition) is 3. The fraction of sp³-hybridized carbons (Fsp3) is 0.368. The standard InChI is InChI=1S/C19H24N2O3S/c1-2-24-18-8-10-19(11-9-18)25(22,23)21-14-12-20(13-15-21)16-17-6-4-3-5-7-17/h3-11H,2,12-16H2,1H3/p+1. The minimum atomic E-state index is -3.43. The van der Waals surface area contributed by atoms with E-state index in [9.17, 15) is 8.42 Å². The second-order valence-electron chi connectivity index (χ2n) is 6.22. The number of hydrogen-bond donors (Lipinski definition) is 1. The molecule has 0 amide bonds. The molecule has 1 aliphatic heterocycles. The van der Waals surface area contributed by atoms with Crippen LogP contribution in [0.15, 0.2) is 59.5 Å². The first-order chi connectivity index (χ1) is 12.1. The van der Waals surface area contributed by atoms with E-state index in [0.717, 1.165) is 19.6 Å². The molecule has 0 bridgehead atoms. The molecule has 6 heteroatoms. The first-order valence-electron chi connectivity index (χ1n) is 8.70. The summed E-state index contributed by atoms with van der Waals surface area (Å²) in [6, 6.07) is 17.0. The molecule has 25 heavy (non-hydrogen) atoms. The van der Waals surface area contributed by atoms with Crippen LogP contribution >= 0.6 is 0 Å². The topological polar surface area (TPSA) is 51.1 Å². The Hall–Kier alpha value is -1.89. The summed E-state index contributed by atoms with van der Waals surface area (Å²) < 4.78 is 32.6. The molecule has 1 aliphatic rings. The summed E-state index contributed by atoms with van der Waals surface area (Å²) in [6.07, 6.45) is 0. The van der Waals surface area contributed by atoms with E-state index in [0.29, 0.717) is 30.3 Å². The highest BCUT2D eigenvalue weighted by Crippen LogP contribution is 2.19. The van der Waals surface area contributed by atoms with Crippen molar-refractivity contribution in [1.82, 2.24) is 4.31 Å². The molecule has 1 heterocycles. The SMILES string of the molecule is CCOc1ccc(S(=O)(=O)N2CC[NH+](Cc3ccccc3)CC2)cc1. The van der Waals surface area contributed by atoms with Gasteiger partial charge in [-0.15, -0.1) is 0 Å². The zero-order valence-electron chi connectivity index (χ0n) is 14.5. The summed E-state index contributed by atoms with van der Waals surface area (Å²) in [6.45, 7) is 6.17. The Morgan fingerprint density at radius 1 is 1.00 bits per heavy atom. The van der Waals surface area contributed by atoms with Gasteiger partial charge >= 0.3 is 0 Å². The molecule has 1 saturated heterocycles. The number of rotatable bonds is 6. The average Bonchev–Trinajstić information content (AvgIpc) is 2.64. The highest BCUT2D eigenvalue weighted by atomic mass is 32.2. The van der Waals surface area contributed by atoms with E-state index in [4.69, 9.17) is 4.74 Å². The number of sulfonamides is 1. The van der Waals surface area contributed by atoms with E-state index in [2.05, 4.69) is 12.1 Å². The fourth-order valence-corrected chi connectivity index (χ4v) is 4.57. The van der Waals surface area contributed by atoms with Gasteiger partial charge in [-0.1, -0.05) is 30.3 Å². The maximum atomic E-state index is 12.8. The molecule has 3 rings (SSSR count). The van der Waals surface area contributed by atoms with Crippen molar-refractivity contribution in [2.45, 2.75) is 18.4 Å². The molecule has 0 saturated carbocycles. The second-order valence-corrected chi connectivity index (χ2v) is 8.16. The Kier molecular flexibility index (Phi) is 5.73. The third-order valence-corrected chi connectivity index (χ3v) is 6.41. The number of piperazine rings is 1. The summed E-state index contributed by atoms with van der Waals surface area (Å²) in [4.78, 5) is 1.76. The molecule has 0 unspecified atom stereocenters. The maximum absolute atomic E-state index is 12.8. The van der Waals surface area contributed by atoms with Gasteiger partial charge in [0.05, 0.1) is 37.7 Å². The fourth-order valence-electron chi connectivity index (χ4n) is 3.13. The highest BCUT2D eigenvalue weighted by molar-refractivity contribution is 7.89. The van der Waals surface area contributed by atoms with Gasteiger partial charge in [0.1, 0.15) is 12.3 Å². The van der Waals surface area contributed by atoms with Crippen LogP contribution < -0.4 is 9.64 Å². The summed E-state index contributed by atoms with van der Waals surface area (Å²) in [5, 5.41) is 0. The molecule has 134 valence electrons. The third kappa shape index (κ3) is 4.39. The Balaban J connectivity index is 1.61. The summed E-state index contributed by atoms with van der Waals surface area (Å²) in [5.41, 5.74) is 1.29. The second kappa shape index (κ2) is 7.99. The summed E-state index contributed by atoms with van der Waals surface area (Å²) >= 11 is 0. The molecule has 2 aromatic rings. The average molecular weight is 361 g/mol. The van der Waals surface area contributed by atoms with Crippen LogP contribution in [0.4, 0.5) is 0 Å². The molecule has 0 aliphatic carbocycles. The van der Waals surface area contributed by atoms with E-state index in [1.165, 1.54) is 10.5 Å². The van der Waals surface area contributed by atoms with Gasteiger partial charge in [-0.05, 0) is 31.2 Å². The highest BCUT2D eigenvalue weighted by Gasteiger charge is 2.30. The van der Waals surface area contributed by atoms with Crippen LogP contribution in [0.3, 0.4) is 0 Å². The van der Waals surface area contributed by atoms with Crippen LogP contribution in [0.1, 0.15) is 12.5 Å². The zero-order chi connectivity index (χ0) is 17.7. The van der Waals surface area contributed by atoms with Crippen LogP contribution in [-0.4, -0.2) is 45.5 Å². The van der Waals surface area contributed by atoms with Gasteiger partial charge in [0.15, 0.2) is 0 Å². The van der Waals surface area contributed by atoms with Crippen LogP contribution in [0.25, 0.3) is 0 Å². The molecular formula is C19H25N2O3S+. The van der Waals surface area contributed by atoms with Crippen molar-refractivity contribution in [2.24, 2.45) is 0 Å². The molecule has 0 atom stereocenters. The molecule has 1 N–H and O–H groups in total. The quantitative estimate of drug-likeness (QED) is 0.841. The van der Waals surface area contributed by atoms with Crippen LogP contribution in [0.2, 0.25) is 0 Å². The molecule has 0 radical (unpaired) electrons. The third-order valence-electron chi connectivity index (χ3n) is 4.50. The van der Waals surface area contributed by atoms with E-state index < -0.39 is 10.0 Å². The lowest BCUT2D eigenvalue weighted by Gasteiger charge is -2.31. The van der Waals surface area contributed by atoms with E-state index in [1.54, 1.807) is 28.6 Å². The number of nitrogens with one attached hydrogen (secondary N) is 1. The molecular weight excluding hydrogens is 336 g/mol. The van der Waals surface area contributed by atoms with Gasteiger partial charge in [-0.2, -0.15) is 4.31 Å². The smallest absolute Gasteiger partial charge is 0.243 e. The predicted molar refractivity (Wildman–Crippen MR) is 97.2 cm³/mol. The molecule has 2 aromatic carbocycles. The summed E-state index contributed by atoms with van der Waals surface area (Å²) in [5.74, 6) is 0.693. The Bertz CT molecular complexity index is 768. The van der Waals surface area contributed by atoms with E-state index in [-0.39, 0.29) is 0 Å². The van der Waals surface area contributed by atoms with Gasteiger partial charge in [0.2, 0.25) is 10.0 Å². The Labute approximate surface area is 149 Å². The van der Waals surface area contributed by atoms with Crippen molar-refractivity contribution in [3.8, 4) is 5.75 Å². The lowest BCUT2D eigenvalue weighted by Crippen LogP contribution is -3.13. The van der Waals surface area contributed by atoms with Crippen LogP contribution in [-0.2, 0) is 16.6 Å². The zero-order valence-corrected chi connectivity index (χ0v) is 15.3. The van der Waals surface area contributed by atoms with Gasteiger partial charge < -0.3 is 9.64 Å². The van der Waals surface area contributed by atoms with Gasteiger partial charge in [-0.25, -0.2) is 8.42 Å². The minimum absolute atomic E-state index is 0.336. The normalized spacial score (nSPS) is 16.7.